The van der Waals surface area contributed by atoms with E-state index in [9.17, 15) is 10.2 Å². The molecule has 4 aromatic rings. The molecule has 1 spiro atoms. The molecule has 2 fully saturated rings. The van der Waals surface area contributed by atoms with Crippen LogP contribution in [0.4, 0.5) is 0 Å². The number of ether oxygens (including phenoxy) is 1. The average molecular weight is 550 g/mol. The Labute approximate surface area is 207 Å². The number of benzene rings is 1. The first-order chi connectivity index (χ1) is 15.9. The molecule has 4 heterocycles. The Hall–Kier alpha value is -1.81. The fourth-order valence-corrected chi connectivity index (χ4v) is 6.02. The highest BCUT2D eigenvalue weighted by atomic mass is 79.9. The monoisotopic (exact) mass is 548 g/mol. The van der Waals surface area contributed by atoms with Gasteiger partial charge in [-0.05, 0) is 52.5 Å². The lowest BCUT2D eigenvalue weighted by molar-refractivity contribution is -0.0309. The van der Waals surface area contributed by atoms with E-state index in [1.165, 1.54) is 6.33 Å². The van der Waals surface area contributed by atoms with Crippen LogP contribution in [0.25, 0.3) is 21.9 Å². The van der Waals surface area contributed by atoms with E-state index in [0.29, 0.717) is 35.4 Å². The molecule has 33 heavy (non-hydrogen) atoms. The average Bonchev–Trinajstić information content (AvgIpc) is 3.48. The Kier molecular flexibility index (Phi) is 5.17. The van der Waals surface area contributed by atoms with Gasteiger partial charge in [-0.3, -0.25) is 0 Å². The smallest absolute Gasteiger partial charge is 0.145 e. The van der Waals surface area contributed by atoms with Crippen molar-refractivity contribution < 1.29 is 14.9 Å². The van der Waals surface area contributed by atoms with E-state index >= 15 is 0 Å². The normalized spacial score (nSPS) is 29.6. The summed E-state index contributed by atoms with van der Waals surface area (Å²) in [6.07, 6.45) is 2.31. The van der Waals surface area contributed by atoms with Crippen molar-refractivity contribution in [3.8, 4) is 0 Å². The van der Waals surface area contributed by atoms with Crippen LogP contribution in [-0.4, -0.2) is 48.5 Å². The molecule has 1 aliphatic carbocycles. The molecule has 1 aromatic carbocycles. The van der Waals surface area contributed by atoms with Crippen molar-refractivity contribution in [2.75, 3.05) is 6.61 Å². The second-order valence-electron chi connectivity index (χ2n) is 8.91. The summed E-state index contributed by atoms with van der Waals surface area (Å²) >= 11 is 15.8. The van der Waals surface area contributed by atoms with Crippen LogP contribution in [0.15, 0.2) is 47.3 Å². The molecule has 0 radical (unpaired) electrons. The SMILES string of the molecule is O[C@H]1[C@H](n2ccc3c(Cl)ncnc32)C[C@@]2(CO[C@@H](c3ccc4cc(Br)c(Cl)nc4c3)C2)[C@H]1O. The van der Waals surface area contributed by atoms with Crippen molar-refractivity contribution in [3.63, 3.8) is 0 Å². The van der Waals surface area contributed by atoms with E-state index in [4.69, 9.17) is 27.9 Å². The minimum atomic E-state index is -0.953. The van der Waals surface area contributed by atoms with E-state index in [1.54, 1.807) is 0 Å². The minimum Gasteiger partial charge on any atom is -0.390 e. The largest absolute Gasteiger partial charge is 0.390 e. The summed E-state index contributed by atoms with van der Waals surface area (Å²) < 4.78 is 8.81. The molecule has 2 aliphatic rings. The van der Waals surface area contributed by atoms with Gasteiger partial charge in [0.25, 0.3) is 0 Å². The molecule has 0 amide bonds. The van der Waals surface area contributed by atoms with E-state index in [2.05, 4.69) is 30.9 Å². The molecule has 170 valence electrons. The predicted molar refractivity (Wildman–Crippen MR) is 128 cm³/mol. The molecule has 0 bridgehead atoms. The molecule has 1 saturated carbocycles. The van der Waals surface area contributed by atoms with Crippen molar-refractivity contribution in [2.45, 2.75) is 37.2 Å². The Balaban J connectivity index is 1.30. The first kappa shape index (κ1) is 21.7. The fourth-order valence-electron chi connectivity index (χ4n) is 5.35. The number of aliphatic hydroxyl groups is 2. The third-order valence-electron chi connectivity index (χ3n) is 7.07. The standard InChI is InChI=1S/C23H19BrCl2N4O3/c24-14-5-11-1-2-12(6-15(11)29-21(14)26)17-8-23(9-33-17)7-16(18(31)19(23)32)30-4-3-13-20(25)27-10-28-22(13)30/h1-6,10,16-19,31-32H,7-9H2/t16-,17-,18+,19+,23-/m1/s1. The topological polar surface area (TPSA) is 93.3 Å². The first-order valence-corrected chi connectivity index (χ1v) is 12.1. The van der Waals surface area contributed by atoms with Crippen LogP contribution in [0.3, 0.4) is 0 Å². The molecule has 2 N–H and O–H groups in total. The summed E-state index contributed by atoms with van der Waals surface area (Å²) in [6.45, 7) is 0.355. The van der Waals surface area contributed by atoms with Gasteiger partial charge in [0.15, 0.2) is 0 Å². The zero-order chi connectivity index (χ0) is 22.9. The molecule has 0 unspecified atom stereocenters. The number of aromatic nitrogens is 4. The molecular weight excluding hydrogens is 531 g/mol. The first-order valence-electron chi connectivity index (χ1n) is 10.6. The maximum absolute atomic E-state index is 11.1. The van der Waals surface area contributed by atoms with Crippen molar-refractivity contribution in [1.82, 2.24) is 19.5 Å². The summed E-state index contributed by atoms with van der Waals surface area (Å²) in [5.74, 6) is 0. The lowest BCUT2D eigenvalue weighted by Gasteiger charge is -2.26. The van der Waals surface area contributed by atoms with Gasteiger partial charge in [0.1, 0.15) is 28.4 Å². The number of hydrogen-bond donors (Lipinski definition) is 2. The van der Waals surface area contributed by atoms with Gasteiger partial charge < -0.3 is 19.5 Å². The fraction of sp³-hybridized carbons (Fsp3) is 0.348. The Morgan fingerprint density at radius 2 is 1.94 bits per heavy atom. The number of pyridine rings is 1. The second kappa shape index (κ2) is 7.86. The van der Waals surface area contributed by atoms with Crippen molar-refractivity contribution in [3.05, 3.63) is 63.2 Å². The molecule has 5 atom stereocenters. The van der Waals surface area contributed by atoms with E-state index in [0.717, 1.165) is 26.3 Å². The van der Waals surface area contributed by atoms with E-state index in [1.807, 2.05) is 41.1 Å². The lowest BCUT2D eigenvalue weighted by Crippen LogP contribution is -2.37. The molecule has 6 rings (SSSR count). The Bertz CT molecular complexity index is 1400. The van der Waals surface area contributed by atoms with Crippen LogP contribution in [0.1, 0.15) is 30.6 Å². The van der Waals surface area contributed by atoms with Crippen LogP contribution in [0, 0.1) is 5.41 Å². The van der Waals surface area contributed by atoms with Crippen LogP contribution < -0.4 is 0 Å². The number of fused-ring (bicyclic) bond motifs is 2. The molecular formula is C23H19BrCl2N4O3. The van der Waals surface area contributed by atoms with Gasteiger partial charge in [-0.15, -0.1) is 0 Å². The molecule has 1 aliphatic heterocycles. The minimum absolute atomic E-state index is 0.211. The maximum atomic E-state index is 11.1. The summed E-state index contributed by atoms with van der Waals surface area (Å²) in [5.41, 5.74) is 1.83. The van der Waals surface area contributed by atoms with Crippen molar-refractivity contribution in [2.24, 2.45) is 5.41 Å². The molecule has 10 heteroatoms. The van der Waals surface area contributed by atoms with Gasteiger partial charge in [0, 0.05) is 17.0 Å². The van der Waals surface area contributed by atoms with Crippen LogP contribution in [0.5, 0.6) is 0 Å². The number of aliphatic hydroxyl groups excluding tert-OH is 2. The molecule has 1 saturated heterocycles. The van der Waals surface area contributed by atoms with Gasteiger partial charge in [-0.25, -0.2) is 15.0 Å². The van der Waals surface area contributed by atoms with Crippen molar-refractivity contribution in [1.29, 1.82) is 0 Å². The van der Waals surface area contributed by atoms with Crippen LogP contribution >= 0.6 is 39.1 Å². The Morgan fingerprint density at radius 3 is 2.79 bits per heavy atom. The lowest BCUT2D eigenvalue weighted by atomic mass is 9.80. The molecule has 7 nitrogen and oxygen atoms in total. The highest BCUT2D eigenvalue weighted by Gasteiger charge is 2.57. The van der Waals surface area contributed by atoms with Gasteiger partial charge in [0.05, 0.1) is 40.2 Å². The molecule has 3 aromatic heterocycles. The maximum Gasteiger partial charge on any atom is 0.145 e. The highest BCUT2D eigenvalue weighted by Crippen LogP contribution is 2.55. The highest BCUT2D eigenvalue weighted by molar-refractivity contribution is 9.10. The quantitative estimate of drug-likeness (QED) is 0.274. The van der Waals surface area contributed by atoms with Crippen molar-refractivity contribution >= 4 is 61.1 Å². The zero-order valence-corrected chi connectivity index (χ0v) is 20.3. The number of nitrogens with zero attached hydrogens (tertiary/aromatic N) is 4. The number of halogens is 3. The summed E-state index contributed by atoms with van der Waals surface area (Å²) in [5, 5.41) is 24.6. The van der Waals surface area contributed by atoms with Gasteiger partial charge >= 0.3 is 0 Å². The van der Waals surface area contributed by atoms with Crippen LogP contribution in [-0.2, 0) is 4.74 Å². The number of hydrogen-bond acceptors (Lipinski definition) is 6. The van der Waals surface area contributed by atoms with Gasteiger partial charge in [0.2, 0.25) is 0 Å². The third-order valence-corrected chi connectivity index (χ3v) is 8.49. The van der Waals surface area contributed by atoms with Gasteiger partial charge in [-0.2, -0.15) is 0 Å². The summed E-state index contributed by atoms with van der Waals surface area (Å²) in [6, 6.07) is 9.41. The number of rotatable bonds is 2. The summed E-state index contributed by atoms with van der Waals surface area (Å²) in [4.78, 5) is 12.8. The zero-order valence-electron chi connectivity index (χ0n) is 17.2. The Morgan fingerprint density at radius 1 is 1.09 bits per heavy atom. The third kappa shape index (κ3) is 3.38. The second-order valence-corrected chi connectivity index (χ2v) is 10.5. The van der Waals surface area contributed by atoms with E-state index < -0.39 is 17.6 Å². The van der Waals surface area contributed by atoms with E-state index in [-0.39, 0.29) is 12.1 Å². The van der Waals surface area contributed by atoms with Gasteiger partial charge in [-0.1, -0.05) is 35.3 Å². The van der Waals surface area contributed by atoms with Crippen LogP contribution in [0.2, 0.25) is 10.3 Å². The predicted octanol–water partition coefficient (Wildman–Crippen LogP) is 4.86. The summed E-state index contributed by atoms with van der Waals surface area (Å²) in [7, 11) is 0.